The largest absolute Gasteiger partial charge is 0.271 e. The molecule has 1 aromatic heterocycles. The van der Waals surface area contributed by atoms with Crippen molar-refractivity contribution in [2.75, 3.05) is 0 Å². The maximum absolute atomic E-state index is 12.3. The highest BCUT2D eigenvalue weighted by molar-refractivity contribution is 6.31. The minimum absolute atomic E-state index is 0.0789. The molecule has 6 heteroatoms. The van der Waals surface area contributed by atoms with E-state index in [1.807, 2.05) is 5.43 Å². The van der Waals surface area contributed by atoms with Crippen molar-refractivity contribution in [3.63, 3.8) is 0 Å². The summed E-state index contributed by atoms with van der Waals surface area (Å²) in [5.74, 6) is 4.98. The highest BCUT2D eigenvalue weighted by Gasteiger charge is 2.19. The van der Waals surface area contributed by atoms with Crippen LogP contribution in [0, 0.1) is 0 Å². The van der Waals surface area contributed by atoms with Gasteiger partial charge in [0.05, 0.1) is 11.1 Å². The second-order valence-corrected chi connectivity index (χ2v) is 3.19. The van der Waals surface area contributed by atoms with Crippen molar-refractivity contribution in [3.8, 4) is 0 Å². The Morgan fingerprint density at radius 2 is 2.29 bits per heavy atom. The first-order valence-corrected chi connectivity index (χ1v) is 4.35. The van der Waals surface area contributed by atoms with E-state index in [2.05, 4.69) is 4.98 Å². The van der Waals surface area contributed by atoms with Gasteiger partial charge in [-0.3, -0.25) is 16.3 Å². The van der Waals surface area contributed by atoms with Crippen LogP contribution in [0.4, 0.5) is 8.78 Å². The number of nitrogens with one attached hydrogen (secondary N) is 1. The van der Waals surface area contributed by atoms with Crippen LogP contribution in [0.1, 0.15) is 5.56 Å². The molecule has 0 saturated carbocycles. The fourth-order valence-corrected chi connectivity index (χ4v) is 1.22. The highest BCUT2D eigenvalue weighted by Crippen LogP contribution is 2.17. The second kappa shape index (κ2) is 5.19. The van der Waals surface area contributed by atoms with E-state index in [1.54, 1.807) is 6.07 Å². The van der Waals surface area contributed by atoms with Crippen LogP contribution in [-0.4, -0.2) is 17.5 Å². The van der Waals surface area contributed by atoms with Gasteiger partial charge < -0.3 is 0 Å². The summed E-state index contributed by atoms with van der Waals surface area (Å²) in [4.78, 5) is 3.75. The van der Waals surface area contributed by atoms with Crippen LogP contribution in [0.25, 0.3) is 0 Å². The quantitative estimate of drug-likeness (QED) is 0.597. The first-order chi connectivity index (χ1) is 6.65. The zero-order chi connectivity index (χ0) is 10.6. The number of pyridine rings is 1. The van der Waals surface area contributed by atoms with Gasteiger partial charge in [0, 0.05) is 12.4 Å². The molecule has 1 heterocycles. The smallest absolute Gasteiger partial charge is 0.255 e. The monoisotopic (exact) mass is 221 g/mol. The van der Waals surface area contributed by atoms with Crippen molar-refractivity contribution in [3.05, 3.63) is 29.0 Å². The first-order valence-electron chi connectivity index (χ1n) is 3.97. The summed E-state index contributed by atoms with van der Waals surface area (Å²) >= 11 is 5.75. The molecule has 78 valence electrons. The molecular weight excluding hydrogens is 212 g/mol. The number of halogens is 3. The van der Waals surface area contributed by atoms with Gasteiger partial charge in [-0.25, -0.2) is 8.78 Å². The van der Waals surface area contributed by atoms with Crippen LogP contribution < -0.4 is 11.3 Å². The van der Waals surface area contributed by atoms with Gasteiger partial charge in [0.1, 0.15) is 0 Å². The van der Waals surface area contributed by atoms with Crippen LogP contribution in [0.15, 0.2) is 18.5 Å². The van der Waals surface area contributed by atoms with E-state index in [9.17, 15) is 8.78 Å². The van der Waals surface area contributed by atoms with E-state index in [0.29, 0.717) is 10.6 Å². The van der Waals surface area contributed by atoms with Crippen molar-refractivity contribution < 1.29 is 8.78 Å². The van der Waals surface area contributed by atoms with Gasteiger partial charge in [0.15, 0.2) is 0 Å². The molecule has 1 unspecified atom stereocenters. The number of alkyl halides is 2. The van der Waals surface area contributed by atoms with Gasteiger partial charge in [-0.15, -0.1) is 0 Å². The summed E-state index contributed by atoms with van der Waals surface area (Å²) in [6.45, 7) is 0. The number of hydrazine groups is 1. The molecule has 3 N–H and O–H groups in total. The maximum atomic E-state index is 12.3. The molecule has 0 fully saturated rings. The molecule has 0 amide bonds. The fraction of sp³-hybridized carbons (Fsp3) is 0.375. The molecule has 0 aliphatic carbocycles. The van der Waals surface area contributed by atoms with Crippen molar-refractivity contribution in [1.29, 1.82) is 0 Å². The molecule has 0 spiro atoms. The van der Waals surface area contributed by atoms with Gasteiger partial charge in [-0.1, -0.05) is 11.6 Å². The molecule has 1 atom stereocenters. The SMILES string of the molecule is NNC(Cc1ccncc1Cl)C(F)F. The lowest BCUT2D eigenvalue weighted by Crippen LogP contribution is -2.42. The van der Waals surface area contributed by atoms with E-state index in [-0.39, 0.29) is 6.42 Å². The van der Waals surface area contributed by atoms with Gasteiger partial charge >= 0.3 is 0 Å². The van der Waals surface area contributed by atoms with Crippen LogP contribution in [-0.2, 0) is 6.42 Å². The molecule has 0 saturated heterocycles. The van der Waals surface area contributed by atoms with Crippen LogP contribution in [0.2, 0.25) is 5.02 Å². The summed E-state index contributed by atoms with van der Waals surface area (Å²) in [6.07, 6.45) is 0.468. The van der Waals surface area contributed by atoms with Crippen LogP contribution in [0.5, 0.6) is 0 Å². The van der Waals surface area contributed by atoms with E-state index < -0.39 is 12.5 Å². The standard InChI is InChI=1S/C8H10ClF2N3/c9-6-4-13-2-1-5(6)3-7(14-12)8(10)11/h1-2,4,7-8,14H,3,12H2. The molecule has 1 rings (SSSR count). The minimum Gasteiger partial charge on any atom is -0.271 e. The number of aromatic nitrogens is 1. The van der Waals surface area contributed by atoms with Crippen molar-refractivity contribution in [2.24, 2.45) is 5.84 Å². The zero-order valence-corrected chi connectivity index (χ0v) is 8.01. The molecule has 14 heavy (non-hydrogen) atoms. The summed E-state index contributed by atoms with van der Waals surface area (Å²) in [5.41, 5.74) is 2.65. The molecule has 0 aliphatic rings. The van der Waals surface area contributed by atoms with Gasteiger partial charge in [-0.05, 0) is 18.1 Å². The number of nitrogens with zero attached hydrogens (tertiary/aromatic N) is 1. The Kier molecular flexibility index (Phi) is 4.19. The van der Waals surface area contributed by atoms with E-state index in [0.717, 1.165) is 0 Å². The maximum Gasteiger partial charge on any atom is 0.255 e. The minimum atomic E-state index is -2.52. The predicted octanol–water partition coefficient (Wildman–Crippen LogP) is 1.37. The Hall–Kier alpha value is -0.780. The van der Waals surface area contributed by atoms with Gasteiger partial charge in [0.25, 0.3) is 6.43 Å². The molecule has 0 radical (unpaired) electrons. The molecule has 0 bridgehead atoms. The third-order valence-electron chi connectivity index (χ3n) is 1.81. The third-order valence-corrected chi connectivity index (χ3v) is 2.15. The Morgan fingerprint density at radius 3 is 2.79 bits per heavy atom. The average molecular weight is 222 g/mol. The molecule has 3 nitrogen and oxygen atoms in total. The molecule has 0 aromatic carbocycles. The lowest BCUT2D eigenvalue weighted by atomic mass is 10.1. The Morgan fingerprint density at radius 1 is 1.57 bits per heavy atom. The highest BCUT2D eigenvalue weighted by atomic mass is 35.5. The third kappa shape index (κ3) is 2.87. The lowest BCUT2D eigenvalue weighted by Gasteiger charge is -2.14. The zero-order valence-electron chi connectivity index (χ0n) is 7.25. The summed E-state index contributed by atoms with van der Waals surface area (Å²) in [7, 11) is 0. The summed E-state index contributed by atoms with van der Waals surface area (Å²) in [6, 6.07) is 0.504. The van der Waals surface area contributed by atoms with Crippen LogP contribution in [0.3, 0.4) is 0 Å². The number of nitrogens with two attached hydrogens (primary N) is 1. The fourth-order valence-electron chi connectivity index (χ4n) is 1.03. The van der Waals surface area contributed by atoms with Crippen molar-refractivity contribution in [2.45, 2.75) is 18.9 Å². The van der Waals surface area contributed by atoms with E-state index >= 15 is 0 Å². The molecular formula is C8H10ClF2N3. The Balaban J connectivity index is 2.72. The Labute approximate surface area is 85.2 Å². The lowest BCUT2D eigenvalue weighted by molar-refractivity contribution is 0.0984. The van der Waals surface area contributed by atoms with Gasteiger partial charge in [0.2, 0.25) is 0 Å². The van der Waals surface area contributed by atoms with E-state index in [4.69, 9.17) is 17.4 Å². The normalized spacial score (nSPS) is 13.2. The summed E-state index contributed by atoms with van der Waals surface area (Å²) in [5, 5.41) is 0.369. The van der Waals surface area contributed by atoms with Crippen LogP contribution >= 0.6 is 11.6 Å². The topological polar surface area (TPSA) is 50.9 Å². The number of rotatable bonds is 4. The average Bonchev–Trinajstić information content (AvgIpc) is 2.16. The Bertz CT molecular complexity index is 296. The number of hydrogen-bond acceptors (Lipinski definition) is 3. The van der Waals surface area contributed by atoms with E-state index in [1.165, 1.54) is 12.4 Å². The molecule has 0 aliphatic heterocycles. The van der Waals surface area contributed by atoms with Crippen molar-refractivity contribution in [1.82, 2.24) is 10.4 Å². The second-order valence-electron chi connectivity index (χ2n) is 2.78. The number of hydrogen-bond donors (Lipinski definition) is 2. The molecule has 1 aromatic rings. The van der Waals surface area contributed by atoms with Gasteiger partial charge in [-0.2, -0.15) is 0 Å². The summed E-state index contributed by atoms with van der Waals surface area (Å²) < 4.78 is 24.6. The first kappa shape index (κ1) is 11.3. The predicted molar refractivity (Wildman–Crippen MR) is 50.1 cm³/mol. The van der Waals surface area contributed by atoms with Crippen molar-refractivity contribution >= 4 is 11.6 Å².